The molecule has 3 rings (SSSR count). The molecule has 10 heteroatoms. The fraction of sp³-hybridized carbons (Fsp3) is 0.600. The van der Waals surface area contributed by atoms with E-state index >= 15 is 0 Å². The molecule has 0 aliphatic carbocycles. The first-order valence-electron chi connectivity index (χ1n) is 10.0. The van der Waals surface area contributed by atoms with Gasteiger partial charge in [-0.15, -0.1) is 0 Å². The summed E-state index contributed by atoms with van der Waals surface area (Å²) < 4.78 is 5.44. The van der Waals surface area contributed by atoms with Gasteiger partial charge in [0, 0.05) is 43.8 Å². The van der Waals surface area contributed by atoms with Gasteiger partial charge in [0.05, 0.1) is 4.92 Å². The third kappa shape index (κ3) is 4.95. The van der Waals surface area contributed by atoms with E-state index in [-0.39, 0.29) is 11.6 Å². The maximum Gasteiger partial charge on any atom is 0.410 e. The van der Waals surface area contributed by atoms with Crippen LogP contribution in [-0.4, -0.2) is 71.1 Å². The topological polar surface area (TPSA) is 96.2 Å². The Morgan fingerprint density at radius 2 is 1.83 bits per heavy atom. The predicted molar refractivity (Wildman–Crippen MR) is 113 cm³/mol. The van der Waals surface area contributed by atoms with Crippen LogP contribution in [0.1, 0.15) is 33.6 Å². The molecule has 2 saturated heterocycles. The smallest absolute Gasteiger partial charge is 0.410 e. The molecule has 0 saturated carbocycles. The van der Waals surface area contributed by atoms with Gasteiger partial charge in [-0.3, -0.25) is 19.8 Å². The van der Waals surface area contributed by atoms with E-state index in [1.54, 1.807) is 37.8 Å². The van der Waals surface area contributed by atoms with E-state index < -0.39 is 22.7 Å². The zero-order valence-corrected chi connectivity index (χ0v) is 18.2. The third-order valence-corrected chi connectivity index (χ3v) is 5.47. The SMILES string of the molecule is CC(C)(C)OC(=O)N1CCC[C@H]1C(=O)N1CCN(c2ccc(Cl)cc2[N+](=O)[O-])CC1. The summed E-state index contributed by atoms with van der Waals surface area (Å²) in [5, 5.41) is 11.7. The van der Waals surface area contributed by atoms with Gasteiger partial charge < -0.3 is 14.5 Å². The number of carbonyl (C=O) groups excluding carboxylic acids is 2. The van der Waals surface area contributed by atoms with Crippen LogP contribution in [0.15, 0.2) is 18.2 Å². The molecule has 0 bridgehead atoms. The number of ether oxygens (including phenoxy) is 1. The number of halogens is 1. The molecule has 2 aliphatic rings. The van der Waals surface area contributed by atoms with Crippen molar-refractivity contribution < 1.29 is 19.2 Å². The van der Waals surface area contributed by atoms with Gasteiger partial charge in [-0.2, -0.15) is 0 Å². The highest BCUT2D eigenvalue weighted by atomic mass is 35.5. The molecule has 0 unspecified atom stereocenters. The first-order valence-corrected chi connectivity index (χ1v) is 10.4. The maximum absolute atomic E-state index is 13.1. The van der Waals surface area contributed by atoms with Crippen molar-refractivity contribution in [3.63, 3.8) is 0 Å². The lowest BCUT2D eigenvalue weighted by molar-refractivity contribution is -0.384. The molecule has 1 atom stereocenters. The number of piperazine rings is 1. The molecule has 1 aromatic rings. The Kier molecular flexibility index (Phi) is 6.40. The summed E-state index contributed by atoms with van der Waals surface area (Å²) >= 11 is 5.90. The first kappa shape index (κ1) is 22.1. The monoisotopic (exact) mass is 438 g/mol. The van der Waals surface area contributed by atoms with Crippen molar-refractivity contribution in [1.29, 1.82) is 0 Å². The van der Waals surface area contributed by atoms with Gasteiger partial charge in [0.2, 0.25) is 5.91 Å². The Balaban J connectivity index is 1.64. The Labute approximate surface area is 180 Å². The minimum Gasteiger partial charge on any atom is -0.444 e. The van der Waals surface area contributed by atoms with Crippen LogP contribution in [0.25, 0.3) is 0 Å². The molecule has 0 radical (unpaired) electrons. The largest absolute Gasteiger partial charge is 0.444 e. The Morgan fingerprint density at radius 1 is 1.17 bits per heavy atom. The average molecular weight is 439 g/mol. The van der Waals surface area contributed by atoms with Crippen LogP contribution in [0.5, 0.6) is 0 Å². The molecule has 0 spiro atoms. The number of nitro benzene ring substituents is 1. The third-order valence-electron chi connectivity index (χ3n) is 5.23. The number of hydrogen-bond donors (Lipinski definition) is 0. The molecule has 2 fully saturated rings. The number of carbonyl (C=O) groups is 2. The van der Waals surface area contributed by atoms with Crippen LogP contribution < -0.4 is 4.90 Å². The van der Waals surface area contributed by atoms with Gasteiger partial charge in [0.1, 0.15) is 17.3 Å². The van der Waals surface area contributed by atoms with E-state index in [2.05, 4.69) is 0 Å². The van der Waals surface area contributed by atoms with Crippen molar-refractivity contribution in [3.05, 3.63) is 33.3 Å². The van der Waals surface area contributed by atoms with Crippen LogP contribution >= 0.6 is 11.6 Å². The number of nitro groups is 1. The second kappa shape index (κ2) is 8.67. The Morgan fingerprint density at radius 3 is 2.43 bits per heavy atom. The summed E-state index contributed by atoms with van der Waals surface area (Å²) in [5.41, 5.74) is -0.173. The molecule has 0 N–H and O–H groups in total. The number of rotatable bonds is 3. The number of hydrogen-bond acceptors (Lipinski definition) is 6. The molecule has 164 valence electrons. The summed E-state index contributed by atoms with van der Waals surface area (Å²) in [5.74, 6) is -0.0939. The molecule has 2 heterocycles. The van der Waals surface area contributed by atoms with E-state index in [9.17, 15) is 19.7 Å². The minimum atomic E-state index is -0.619. The highest BCUT2D eigenvalue weighted by Crippen LogP contribution is 2.32. The van der Waals surface area contributed by atoms with Crippen molar-refractivity contribution in [2.45, 2.75) is 45.3 Å². The summed E-state index contributed by atoms with van der Waals surface area (Å²) in [7, 11) is 0. The van der Waals surface area contributed by atoms with Crippen LogP contribution in [0, 0.1) is 10.1 Å². The van der Waals surface area contributed by atoms with Crippen molar-refractivity contribution in [3.8, 4) is 0 Å². The number of anilines is 1. The van der Waals surface area contributed by atoms with Gasteiger partial charge in [-0.1, -0.05) is 11.6 Å². The van der Waals surface area contributed by atoms with E-state index in [0.717, 1.165) is 6.42 Å². The van der Waals surface area contributed by atoms with E-state index in [1.807, 2.05) is 4.90 Å². The molecular weight excluding hydrogens is 412 g/mol. The van der Waals surface area contributed by atoms with Gasteiger partial charge in [0.15, 0.2) is 0 Å². The van der Waals surface area contributed by atoms with Crippen molar-refractivity contribution in [1.82, 2.24) is 9.80 Å². The Hall–Kier alpha value is -2.55. The number of amides is 2. The fourth-order valence-corrected chi connectivity index (χ4v) is 4.02. The quantitative estimate of drug-likeness (QED) is 0.530. The number of benzene rings is 1. The number of likely N-dealkylation sites (tertiary alicyclic amines) is 1. The molecule has 0 aromatic heterocycles. The van der Waals surface area contributed by atoms with Crippen LogP contribution in [0.4, 0.5) is 16.2 Å². The summed E-state index contributed by atoms with van der Waals surface area (Å²) in [6, 6.07) is 4.08. The second-order valence-corrected chi connectivity index (χ2v) is 8.97. The van der Waals surface area contributed by atoms with Gasteiger partial charge in [-0.25, -0.2) is 4.79 Å². The lowest BCUT2D eigenvalue weighted by Gasteiger charge is -2.38. The van der Waals surface area contributed by atoms with Gasteiger partial charge in [0.25, 0.3) is 5.69 Å². The van der Waals surface area contributed by atoms with Gasteiger partial charge >= 0.3 is 6.09 Å². The highest BCUT2D eigenvalue weighted by molar-refractivity contribution is 6.30. The molecular formula is C20H27ClN4O5. The summed E-state index contributed by atoms with van der Waals surface area (Å²) in [6.07, 6.45) is 0.904. The van der Waals surface area contributed by atoms with E-state index in [0.29, 0.717) is 49.9 Å². The molecule has 2 amide bonds. The van der Waals surface area contributed by atoms with Crippen LogP contribution in [-0.2, 0) is 9.53 Å². The van der Waals surface area contributed by atoms with E-state index in [4.69, 9.17) is 16.3 Å². The Bertz CT molecular complexity index is 833. The standard InChI is InChI=1S/C20H27ClN4O5/c1-20(2,3)30-19(27)24-8-4-5-16(24)18(26)23-11-9-22(10-12-23)15-7-6-14(21)13-17(15)25(28)29/h6-7,13,16H,4-5,8-12H2,1-3H3/t16-/m0/s1. The molecule has 1 aromatic carbocycles. The first-order chi connectivity index (χ1) is 14.1. The predicted octanol–water partition coefficient (Wildman–Crippen LogP) is 3.30. The summed E-state index contributed by atoms with van der Waals surface area (Å²) in [4.78, 5) is 41.6. The number of nitrogens with zero attached hydrogens (tertiary/aromatic N) is 4. The molecule has 2 aliphatic heterocycles. The van der Waals surface area contributed by atoms with Crippen molar-refractivity contribution in [2.75, 3.05) is 37.6 Å². The van der Waals surface area contributed by atoms with Gasteiger partial charge in [-0.05, 0) is 45.7 Å². The minimum absolute atomic E-state index is 0.0471. The zero-order chi connectivity index (χ0) is 22.1. The lowest BCUT2D eigenvalue weighted by Crippen LogP contribution is -2.55. The van der Waals surface area contributed by atoms with Crippen LogP contribution in [0.2, 0.25) is 5.02 Å². The van der Waals surface area contributed by atoms with Crippen LogP contribution in [0.3, 0.4) is 0 Å². The average Bonchev–Trinajstić information content (AvgIpc) is 3.16. The lowest BCUT2D eigenvalue weighted by atomic mass is 10.1. The molecule has 9 nitrogen and oxygen atoms in total. The molecule has 30 heavy (non-hydrogen) atoms. The second-order valence-electron chi connectivity index (χ2n) is 8.53. The van der Waals surface area contributed by atoms with E-state index in [1.165, 1.54) is 11.0 Å². The summed E-state index contributed by atoms with van der Waals surface area (Å²) in [6.45, 7) is 7.68. The normalized spacial score (nSPS) is 19.7. The fourth-order valence-electron chi connectivity index (χ4n) is 3.85. The maximum atomic E-state index is 13.1. The van der Waals surface area contributed by atoms with Crippen molar-refractivity contribution >= 4 is 35.0 Å². The highest BCUT2D eigenvalue weighted by Gasteiger charge is 2.39. The van der Waals surface area contributed by atoms with Crippen molar-refractivity contribution in [2.24, 2.45) is 0 Å². The zero-order valence-electron chi connectivity index (χ0n) is 17.5.